The van der Waals surface area contributed by atoms with Crippen molar-refractivity contribution in [2.24, 2.45) is 5.92 Å². The third-order valence-electron chi connectivity index (χ3n) is 6.03. The second kappa shape index (κ2) is 9.04. The minimum atomic E-state index is -0.347. The van der Waals surface area contributed by atoms with Gasteiger partial charge in [0.2, 0.25) is 0 Å². The summed E-state index contributed by atoms with van der Waals surface area (Å²) in [5, 5.41) is 2.23. The molecule has 1 heterocycles. The molecule has 154 valence electrons. The Balaban J connectivity index is 1.86. The fourth-order valence-electron chi connectivity index (χ4n) is 4.62. The fraction of sp³-hybridized carbons (Fsp3) is 0.269. The maximum Gasteiger partial charge on any atom is 0.313 e. The summed E-state index contributed by atoms with van der Waals surface area (Å²) in [7, 11) is 1.48. The highest BCUT2D eigenvalue weighted by Gasteiger charge is 2.40. The van der Waals surface area contributed by atoms with E-state index in [4.69, 9.17) is 4.74 Å². The molecule has 3 unspecified atom stereocenters. The van der Waals surface area contributed by atoms with Gasteiger partial charge in [-0.25, -0.2) is 0 Å². The molecular weight excluding hydrogens is 372 g/mol. The van der Waals surface area contributed by atoms with Gasteiger partial charge in [-0.1, -0.05) is 73.7 Å². The Hall–Kier alpha value is -3.27. The van der Waals surface area contributed by atoms with E-state index in [0.29, 0.717) is 0 Å². The minimum absolute atomic E-state index is 0.0428. The van der Waals surface area contributed by atoms with E-state index in [1.54, 1.807) is 0 Å². The zero-order valence-electron chi connectivity index (χ0n) is 17.5. The number of benzene rings is 3. The third-order valence-corrected chi connectivity index (χ3v) is 6.03. The van der Waals surface area contributed by atoms with Crippen LogP contribution < -0.4 is 10.4 Å². The zero-order valence-corrected chi connectivity index (χ0v) is 17.5. The van der Waals surface area contributed by atoms with Crippen LogP contribution in [0.25, 0.3) is 0 Å². The first-order valence-corrected chi connectivity index (χ1v) is 10.5. The normalized spacial score (nSPS) is 19.2. The van der Waals surface area contributed by atoms with Crippen molar-refractivity contribution >= 4 is 17.3 Å². The second-order valence-corrected chi connectivity index (χ2v) is 7.73. The molecule has 4 rings (SSSR count). The SMILES string of the molecule is CCC1C(C(C(=O)OC)c2ccccc2)Cc2ccccc2NN1c1ccccc1. The first kappa shape index (κ1) is 20.0. The van der Waals surface area contributed by atoms with Crippen LogP contribution in [-0.2, 0) is 16.0 Å². The van der Waals surface area contributed by atoms with E-state index in [9.17, 15) is 4.79 Å². The molecule has 3 aromatic rings. The quantitative estimate of drug-likeness (QED) is 0.580. The van der Waals surface area contributed by atoms with Crippen molar-refractivity contribution < 1.29 is 9.53 Å². The number of rotatable bonds is 5. The predicted octanol–water partition coefficient (Wildman–Crippen LogP) is 5.43. The van der Waals surface area contributed by atoms with Crippen molar-refractivity contribution in [3.8, 4) is 0 Å². The molecule has 1 aliphatic heterocycles. The van der Waals surface area contributed by atoms with Crippen LogP contribution in [0, 0.1) is 5.92 Å². The molecule has 0 saturated carbocycles. The lowest BCUT2D eigenvalue weighted by Gasteiger charge is -2.39. The van der Waals surface area contributed by atoms with Gasteiger partial charge in [0.15, 0.2) is 0 Å². The number of para-hydroxylation sites is 2. The van der Waals surface area contributed by atoms with Crippen molar-refractivity contribution in [1.29, 1.82) is 0 Å². The summed E-state index contributed by atoms with van der Waals surface area (Å²) >= 11 is 0. The lowest BCUT2D eigenvalue weighted by Crippen LogP contribution is -2.46. The largest absolute Gasteiger partial charge is 0.469 e. The van der Waals surface area contributed by atoms with Gasteiger partial charge in [0.1, 0.15) is 0 Å². The van der Waals surface area contributed by atoms with E-state index >= 15 is 0 Å². The molecule has 0 bridgehead atoms. The summed E-state index contributed by atoms with van der Waals surface area (Å²) in [6, 6.07) is 28.8. The lowest BCUT2D eigenvalue weighted by molar-refractivity contribution is -0.144. The lowest BCUT2D eigenvalue weighted by atomic mass is 9.76. The Morgan fingerprint density at radius 3 is 2.30 bits per heavy atom. The van der Waals surface area contributed by atoms with E-state index in [0.717, 1.165) is 29.8 Å². The summed E-state index contributed by atoms with van der Waals surface area (Å²) < 4.78 is 5.30. The van der Waals surface area contributed by atoms with Gasteiger partial charge in [-0.15, -0.1) is 0 Å². The van der Waals surface area contributed by atoms with Crippen molar-refractivity contribution in [3.63, 3.8) is 0 Å². The van der Waals surface area contributed by atoms with Gasteiger partial charge in [-0.3, -0.25) is 15.2 Å². The maximum atomic E-state index is 13.1. The van der Waals surface area contributed by atoms with E-state index in [2.05, 4.69) is 47.7 Å². The van der Waals surface area contributed by atoms with Crippen LogP contribution >= 0.6 is 0 Å². The van der Waals surface area contributed by atoms with E-state index in [1.807, 2.05) is 54.6 Å². The van der Waals surface area contributed by atoms with Gasteiger partial charge in [0, 0.05) is 5.92 Å². The first-order chi connectivity index (χ1) is 14.7. The average molecular weight is 401 g/mol. The molecule has 1 N–H and O–H groups in total. The van der Waals surface area contributed by atoms with E-state index < -0.39 is 0 Å². The summed E-state index contributed by atoms with van der Waals surface area (Å²) in [6.45, 7) is 2.19. The number of nitrogens with zero attached hydrogens (tertiary/aromatic N) is 1. The molecule has 4 nitrogen and oxygen atoms in total. The summed E-state index contributed by atoms with van der Waals surface area (Å²) in [6.07, 6.45) is 1.68. The number of fused-ring (bicyclic) bond motifs is 1. The van der Waals surface area contributed by atoms with Gasteiger partial charge in [-0.05, 0) is 42.2 Å². The van der Waals surface area contributed by atoms with Crippen molar-refractivity contribution in [2.75, 3.05) is 17.5 Å². The van der Waals surface area contributed by atoms with Gasteiger partial charge < -0.3 is 4.74 Å². The van der Waals surface area contributed by atoms with Crippen molar-refractivity contribution in [3.05, 3.63) is 96.1 Å². The number of nitrogens with one attached hydrogen (secondary N) is 1. The summed E-state index contributed by atoms with van der Waals surface area (Å²) in [5.41, 5.74) is 8.03. The van der Waals surface area contributed by atoms with Crippen LogP contribution in [0.1, 0.15) is 30.4 Å². The Kier molecular flexibility index (Phi) is 6.03. The molecule has 0 fully saturated rings. The molecule has 0 aromatic heterocycles. The molecule has 0 aliphatic carbocycles. The molecule has 30 heavy (non-hydrogen) atoms. The van der Waals surface area contributed by atoms with Gasteiger partial charge in [-0.2, -0.15) is 0 Å². The number of methoxy groups -OCH3 is 1. The molecule has 0 radical (unpaired) electrons. The predicted molar refractivity (Wildman–Crippen MR) is 121 cm³/mol. The van der Waals surface area contributed by atoms with Gasteiger partial charge >= 0.3 is 5.97 Å². The number of anilines is 2. The Morgan fingerprint density at radius 1 is 1.00 bits per heavy atom. The van der Waals surface area contributed by atoms with Crippen molar-refractivity contribution in [2.45, 2.75) is 31.7 Å². The monoisotopic (exact) mass is 400 g/mol. The number of carbonyl (C=O) groups is 1. The van der Waals surface area contributed by atoms with Crippen LogP contribution in [0.2, 0.25) is 0 Å². The van der Waals surface area contributed by atoms with Crippen LogP contribution in [0.5, 0.6) is 0 Å². The van der Waals surface area contributed by atoms with E-state index in [-0.39, 0.29) is 23.8 Å². The Bertz CT molecular complexity index is 975. The number of carbonyl (C=O) groups excluding carboxylic acids is 1. The highest BCUT2D eigenvalue weighted by Crippen LogP contribution is 2.40. The molecular formula is C26H28N2O2. The Morgan fingerprint density at radius 2 is 1.63 bits per heavy atom. The topological polar surface area (TPSA) is 41.6 Å². The second-order valence-electron chi connectivity index (χ2n) is 7.73. The molecule has 1 aliphatic rings. The number of hydrogen-bond donors (Lipinski definition) is 1. The third kappa shape index (κ3) is 3.90. The first-order valence-electron chi connectivity index (χ1n) is 10.5. The molecule has 0 spiro atoms. The number of ether oxygens (including phenoxy) is 1. The summed E-state index contributed by atoms with van der Waals surface area (Å²) in [4.78, 5) is 13.1. The molecule has 3 atom stereocenters. The average Bonchev–Trinajstić information content (AvgIpc) is 2.97. The highest BCUT2D eigenvalue weighted by molar-refractivity contribution is 5.79. The fourth-order valence-corrected chi connectivity index (χ4v) is 4.62. The van der Waals surface area contributed by atoms with Crippen molar-refractivity contribution in [1.82, 2.24) is 0 Å². The molecule has 0 amide bonds. The number of esters is 1. The van der Waals surface area contributed by atoms with Crippen LogP contribution in [0.15, 0.2) is 84.9 Å². The minimum Gasteiger partial charge on any atom is -0.469 e. The van der Waals surface area contributed by atoms with Gasteiger partial charge in [0.05, 0.1) is 30.4 Å². The summed E-state index contributed by atoms with van der Waals surface area (Å²) in [5.74, 6) is -0.487. The molecule has 0 saturated heterocycles. The number of hydrazine groups is 1. The van der Waals surface area contributed by atoms with E-state index in [1.165, 1.54) is 12.7 Å². The maximum absolute atomic E-state index is 13.1. The smallest absolute Gasteiger partial charge is 0.313 e. The van der Waals surface area contributed by atoms with Crippen LogP contribution in [0.4, 0.5) is 11.4 Å². The molecule has 3 aromatic carbocycles. The van der Waals surface area contributed by atoms with Gasteiger partial charge in [0.25, 0.3) is 0 Å². The zero-order chi connectivity index (χ0) is 20.9. The Labute approximate surface area is 178 Å². The molecule has 4 heteroatoms. The highest BCUT2D eigenvalue weighted by atomic mass is 16.5. The van der Waals surface area contributed by atoms with Crippen LogP contribution in [0.3, 0.4) is 0 Å². The standard InChI is InChI=1S/C26H28N2O2/c1-3-24-22(25(26(29)30-2)19-12-6-4-7-13-19)18-20-14-10-11-17-23(20)27-28(24)21-15-8-5-9-16-21/h4-17,22,24-25,27H,3,18H2,1-2H3. The van der Waals surface area contributed by atoms with Crippen LogP contribution in [-0.4, -0.2) is 19.1 Å². The number of hydrogen-bond acceptors (Lipinski definition) is 4.